The van der Waals surface area contributed by atoms with E-state index in [0.29, 0.717) is 17.4 Å². The molecule has 106 valence electrons. The maximum absolute atomic E-state index is 10.3. The van der Waals surface area contributed by atoms with Crippen molar-refractivity contribution in [1.82, 2.24) is 0 Å². The third-order valence-corrected chi connectivity index (χ3v) is 4.20. The minimum absolute atomic E-state index is 0.0674. The van der Waals surface area contributed by atoms with Gasteiger partial charge in [0.15, 0.2) is 11.5 Å². The van der Waals surface area contributed by atoms with E-state index in [1.165, 1.54) is 37.7 Å². The molecule has 2 rings (SSSR count). The van der Waals surface area contributed by atoms with Crippen molar-refractivity contribution in [3.05, 3.63) is 23.3 Å². The Morgan fingerprint density at radius 1 is 1.11 bits per heavy atom. The summed E-state index contributed by atoms with van der Waals surface area (Å²) in [7, 11) is 1.63. The zero-order valence-corrected chi connectivity index (χ0v) is 12.6. The van der Waals surface area contributed by atoms with Crippen LogP contribution in [-0.4, -0.2) is 12.2 Å². The number of phenols is 1. The van der Waals surface area contributed by atoms with Gasteiger partial charge in [0, 0.05) is 5.56 Å². The fourth-order valence-electron chi connectivity index (χ4n) is 3.03. The van der Waals surface area contributed by atoms with Crippen LogP contribution in [0.3, 0.4) is 0 Å². The van der Waals surface area contributed by atoms with Crippen molar-refractivity contribution in [2.24, 2.45) is 0 Å². The van der Waals surface area contributed by atoms with Gasteiger partial charge in [-0.25, -0.2) is 0 Å². The molecular formula is C17H26O2. The minimum Gasteiger partial charge on any atom is -0.504 e. The zero-order chi connectivity index (χ0) is 14.0. The smallest absolute Gasteiger partial charge is 0.161 e. The Balaban J connectivity index is 2.44. The van der Waals surface area contributed by atoms with Gasteiger partial charge >= 0.3 is 0 Å². The lowest BCUT2D eigenvalue weighted by Gasteiger charge is -2.27. The Bertz CT molecular complexity index is 437. The summed E-state index contributed by atoms with van der Waals surface area (Å²) in [6, 6.07) is 4.22. The number of rotatable bonds is 2. The molecular weight excluding hydrogens is 236 g/mol. The number of hydrogen-bond acceptors (Lipinski definition) is 2. The quantitative estimate of drug-likeness (QED) is 0.833. The van der Waals surface area contributed by atoms with E-state index in [9.17, 15) is 5.11 Å². The fraction of sp³-hybridized carbons (Fsp3) is 0.647. The largest absolute Gasteiger partial charge is 0.504 e. The Kier molecular flexibility index (Phi) is 4.07. The van der Waals surface area contributed by atoms with Crippen LogP contribution in [0, 0.1) is 0 Å². The summed E-state index contributed by atoms with van der Waals surface area (Å²) in [6.45, 7) is 6.39. The van der Waals surface area contributed by atoms with Gasteiger partial charge in [-0.2, -0.15) is 0 Å². The molecule has 0 saturated heterocycles. The molecule has 1 saturated carbocycles. The molecule has 1 aliphatic rings. The Morgan fingerprint density at radius 3 is 2.26 bits per heavy atom. The highest BCUT2D eigenvalue weighted by molar-refractivity contribution is 5.52. The number of benzene rings is 1. The van der Waals surface area contributed by atoms with Gasteiger partial charge in [0.2, 0.25) is 0 Å². The summed E-state index contributed by atoms with van der Waals surface area (Å²) < 4.78 is 5.36. The molecule has 0 aromatic heterocycles. The van der Waals surface area contributed by atoms with E-state index in [-0.39, 0.29) is 5.41 Å². The molecule has 0 amide bonds. The molecule has 0 spiro atoms. The Morgan fingerprint density at radius 2 is 1.74 bits per heavy atom. The Labute approximate surface area is 116 Å². The molecule has 2 heteroatoms. The van der Waals surface area contributed by atoms with E-state index in [1.54, 1.807) is 7.11 Å². The zero-order valence-electron chi connectivity index (χ0n) is 12.6. The lowest BCUT2D eigenvalue weighted by molar-refractivity contribution is 0.361. The van der Waals surface area contributed by atoms with Gasteiger partial charge in [0.05, 0.1) is 7.11 Å². The van der Waals surface area contributed by atoms with Crippen LogP contribution >= 0.6 is 0 Å². The minimum atomic E-state index is -0.0674. The summed E-state index contributed by atoms with van der Waals surface area (Å²) in [5.41, 5.74) is 2.26. The third kappa shape index (κ3) is 3.05. The monoisotopic (exact) mass is 262 g/mol. The van der Waals surface area contributed by atoms with Gasteiger partial charge in [0.1, 0.15) is 0 Å². The molecule has 0 unspecified atom stereocenters. The molecule has 0 aliphatic heterocycles. The van der Waals surface area contributed by atoms with Gasteiger partial charge in [0.25, 0.3) is 0 Å². The van der Waals surface area contributed by atoms with Crippen LogP contribution in [0.2, 0.25) is 0 Å². The van der Waals surface area contributed by atoms with E-state index >= 15 is 0 Å². The molecule has 2 nitrogen and oxygen atoms in total. The van der Waals surface area contributed by atoms with Gasteiger partial charge in [-0.05, 0) is 35.8 Å². The van der Waals surface area contributed by atoms with Gasteiger partial charge in [-0.3, -0.25) is 0 Å². The van der Waals surface area contributed by atoms with Crippen LogP contribution in [0.25, 0.3) is 0 Å². The molecule has 1 fully saturated rings. The SMILES string of the molecule is COc1cc(C2CCCCC2)cc(C(C)(C)C)c1O. The topological polar surface area (TPSA) is 29.5 Å². The molecule has 1 aliphatic carbocycles. The van der Waals surface area contributed by atoms with Crippen molar-refractivity contribution in [1.29, 1.82) is 0 Å². The number of ether oxygens (including phenoxy) is 1. The summed E-state index contributed by atoms with van der Waals surface area (Å²) >= 11 is 0. The molecule has 0 radical (unpaired) electrons. The predicted molar refractivity (Wildman–Crippen MR) is 79.2 cm³/mol. The first-order valence-corrected chi connectivity index (χ1v) is 7.35. The van der Waals surface area contributed by atoms with Crippen LogP contribution in [0.5, 0.6) is 11.5 Å². The highest BCUT2D eigenvalue weighted by atomic mass is 16.5. The maximum atomic E-state index is 10.3. The average molecular weight is 262 g/mol. The summed E-state index contributed by atoms with van der Waals surface area (Å²) in [6.07, 6.45) is 6.52. The van der Waals surface area contributed by atoms with Crippen molar-refractivity contribution >= 4 is 0 Å². The molecule has 1 N–H and O–H groups in total. The molecule has 0 atom stereocenters. The maximum Gasteiger partial charge on any atom is 0.161 e. The van der Waals surface area contributed by atoms with E-state index in [2.05, 4.69) is 26.8 Å². The summed E-state index contributed by atoms with van der Waals surface area (Å²) in [4.78, 5) is 0. The van der Waals surface area contributed by atoms with Crippen LogP contribution in [0.15, 0.2) is 12.1 Å². The first-order chi connectivity index (χ1) is 8.93. The second-order valence-corrected chi connectivity index (χ2v) is 6.70. The van der Waals surface area contributed by atoms with E-state index in [4.69, 9.17) is 4.74 Å². The highest BCUT2D eigenvalue weighted by Gasteiger charge is 2.24. The number of phenolic OH excluding ortho intramolecular Hbond substituents is 1. The molecule has 0 heterocycles. The lowest BCUT2D eigenvalue weighted by atomic mass is 9.79. The highest BCUT2D eigenvalue weighted by Crippen LogP contribution is 2.42. The van der Waals surface area contributed by atoms with Gasteiger partial charge < -0.3 is 9.84 Å². The molecule has 0 bridgehead atoms. The Hall–Kier alpha value is -1.18. The second kappa shape index (κ2) is 5.44. The second-order valence-electron chi connectivity index (χ2n) is 6.70. The van der Waals surface area contributed by atoms with Crippen molar-refractivity contribution in [2.45, 2.75) is 64.2 Å². The molecule has 19 heavy (non-hydrogen) atoms. The first-order valence-electron chi connectivity index (χ1n) is 7.35. The van der Waals surface area contributed by atoms with Crippen molar-refractivity contribution in [3.63, 3.8) is 0 Å². The normalized spacial score (nSPS) is 17.5. The average Bonchev–Trinajstić information content (AvgIpc) is 2.38. The van der Waals surface area contributed by atoms with Crippen LogP contribution in [0.4, 0.5) is 0 Å². The number of hydrogen-bond donors (Lipinski definition) is 1. The van der Waals surface area contributed by atoms with Crippen molar-refractivity contribution < 1.29 is 9.84 Å². The summed E-state index contributed by atoms with van der Waals surface area (Å²) in [5.74, 6) is 1.55. The lowest BCUT2D eigenvalue weighted by Crippen LogP contribution is -2.14. The standard InChI is InChI=1S/C17H26O2/c1-17(2,3)14-10-13(11-15(19-4)16(14)18)12-8-6-5-7-9-12/h10-12,18H,5-9H2,1-4H3. The number of methoxy groups -OCH3 is 1. The first kappa shape index (κ1) is 14.2. The van der Waals surface area contributed by atoms with Crippen LogP contribution < -0.4 is 4.74 Å². The summed E-state index contributed by atoms with van der Waals surface area (Å²) in [5, 5.41) is 10.3. The van der Waals surface area contributed by atoms with Gasteiger partial charge in [-0.1, -0.05) is 46.1 Å². The molecule has 1 aromatic rings. The fourth-order valence-corrected chi connectivity index (χ4v) is 3.03. The van der Waals surface area contributed by atoms with Crippen molar-refractivity contribution in [2.75, 3.05) is 7.11 Å². The third-order valence-electron chi connectivity index (χ3n) is 4.20. The van der Waals surface area contributed by atoms with E-state index in [1.807, 2.05) is 6.07 Å². The van der Waals surface area contributed by atoms with E-state index < -0.39 is 0 Å². The van der Waals surface area contributed by atoms with Crippen LogP contribution in [-0.2, 0) is 5.41 Å². The van der Waals surface area contributed by atoms with Gasteiger partial charge in [-0.15, -0.1) is 0 Å². The van der Waals surface area contributed by atoms with Crippen molar-refractivity contribution in [3.8, 4) is 11.5 Å². The number of aromatic hydroxyl groups is 1. The molecule has 1 aromatic carbocycles. The predicted octanol–water partition coefficient (Wildman–Crippen LogP) is 4.75. The van der Waals surface area contributed by atoms with Crippen LogP contribution in [0.1, 0.15) is 69.9 Å². The van der Waals surface area contributed by atoms with E-state index in [0.717, 1.165) is 5.56 Å².